The van der Waals surface area contributed by atoms with Crippen molar-refractivity contribution in [1.82, 2.24) is 5.43 Å². The molecule has 0 aromatic rings. The van der Waals surface area contributed by atoms with E-state index in [1.807, 2.05) is 0 Å². The van der Waals surface area contributed by atoms with Gasteiger partial charge in [0.1, 0.15) is 0 Å². The molecular weight excluding hydrogens is 274 g/mol. The van der Waals surface area contributed by atoms with Crippen LogP contribution in [0, 0.1) is 0 Å². The van der Waals surface area contributed by atoms with Crippen molar-refractivity contribution >= 4 is 5.91 Å². The van der Waals surface area contributed by atoms with Gasteiger partial charge in [-0.25, -0.2) is 5.84 Å². The summed E-state index contributed by atoms with van der Waals surface area (Å²) in [6.07, 6.45) is 18.1. The first-order chi connectivity index (χ1) is 10.7. The molecule has 0 fully saturated rings. The first-order valence-electron chi connectivity index (χ1n) is 9.45. The van der Waals surface area contributed by atoms with Gasteiger partial charge in [0.15, 0.2) is 0 Å². The highest BCUT2D eigenvalue weighted by Gasteiger charge is 2.02. The Bertz CT molecular complexity index is 246. The molecule has 0 saturated heterocycles. The SMILES string of the molecule is CCCCCCCCC(N)CCCCCCCCC(=O)NN. The summed E-state index contributed by atoms with van der Waals surface area (Å²) in [5.41, 5.74) is 8.34. The van der Waals surface area contributed by atoms with Crippen molar-refractivity contribution in [3.05, 3.63) is 0 Å². The van der Waals surface area contributed by atoms with Gasteiger partial charge in [0.2, 0.25) is 5.91 Å². The minimum absolute atomic E-state index is 0.0549. The van der Waals surface area contributed by atoms with Gasteiger partial charge in [-0.2, -0.15) is 0 Å². The molecule has 0 aliphatic carbocycles. The van der Waals surface area contributed by atoms with Crippen LogP contribution in [0.1, 0.15) is 103 Å². The standard InChI is InChI=1S/C18H39N3O/c1-2-3-4-5-8-11-14-17(19)15-12-9-6-7-10-13-16-18(22)21-20/h17H,2-16,19-20H2,1H3,(H,21,22). The second kappa shape index (κ2) is 16.8. The highest BCUT2D eigenvalue weighted by molar-refractivity contribution is 5.74. The summed E-state index contributed by atoms with van der Waals surface area (Å²) in [6, 6.07) is 0.402. The highest BCUT2D eigenvalue weighted by atomic mass is 16.2. The summed E-state index contributed by atoms with van der Waals surface area (Å²) >= 11 is 0. The van der Waals surface area contributed by atoms with E-state index in [2.05, 4.69) is 12.3 Å². The topological polar surface area (TPSA) is 81.1 Å². The molecule has 0 radical (unpaired) electrons. The molecule has 0 saturated carbocycles. The molecular formula is C18H39N3O. The molecule has 22 heavy (non-hydrogen) atoms. The summed E-state index contributed by atoms with van der Waals surface area (Å²) < 4.78 is 0. The minimum Gasteiger partial charge on any atom is -0.328 e. The van der Waals surface area contributed by atoms with Crippen LogP contribution in [-0.2, 0) is 4.79 Å². The lowest BCUT2D eigenvalue weighted by atomic mass is 10.0. The van der Waals surface area contributed by atoms with Gasteiger partial charge in [-0.15, -0.1) is 0 Å². The van der Waals surface area contributed by atoms with Crippen LogP contribution in [0.2, 0.25) is 0 Å². The number of nitrogens with one attached hydrogen (secondary N) is 1. The molecule has 1 unspecified atom stereocenters. The van der Waals surface area contributed by atoms with E-state index in [0.29, 0.717) is 12.5 Å². The maximum absolute atomic E-state index is 10.9. The van der Waals surface area contributed by atoms with Gasteiger partial charge in [-0.1, -0.05) is 77.6 Å². The molecule has 0 rings (SSSR count). The predicted octanol–water partition coefficient (Wildman–Crippen LogP) is 4.18. The van der Waals surface area contributed by atoms with Crippen molar-refractivity contribution < 1.29 is 4.79 Å². The second-order valence-electron chi connectivity index (χ2n) is 6.54. The number of hydrogen-bond donors (Lipinski definition) is 3. The van der Waals surface area contributed by atoms with Crippen molar-refractivity contribution in [2.24, 2.45) is 11.6 Å². The van der Waals surface area contributed by atoms with E-state index >= 15 is 0 Å². The van der Waals surface area contributed by atoms with Gasteiger partial charge < -0.3 is 5.73 Å². The van der Waals surface area contributed by atoms with E-state index in [4.69, 9.17) is 11.6 Å². The molecule has 0 aromatic carbocycles. The fourth-order valence-corrected chi connectivity index (χ4v) is 2.80. The van der Waals surface area contributed by atoms with Gasteiger partial charge in [0.05, 0.1) is 0 Å². The Hall–Kier alpha value is -0.610. The Morgan fingerprint density at radius 3 is 1.77 bits per heavy atom. The number of hydrogen-bond acceptors (Lipinski definition) is 3. The lowest BCUT2D eigenvalue weighted by molar-refractivity contribution is -0.121. The first-order valence-corrected chi connectivity index (χ1v) is 9.45. The van der Waals surface area contributed by atoms with Crippen LogP contribution >= 0.6 is 0 Å². The quantitative estimate of drug-likeness (QED) is 0.173. The lowest BCUT2D eigenvalue weighted by Gasteiger charge is -2.11. The fourth-order valence-electron chi connectivity index (χ4n) is 2.80. The van der Waals surface area contributed by atoms with E-state index in [1.165, 1.54) is 77.0 Å². The third-order valence-electron chi connectivity index (χ3n) is 4.32. The molecule has 0 heterocycles. The zero-order chi connectivity index (χ0) is 16.5. The average molecular weight is 314 g/mol. The molecule has 0 spiro atoms. The molecule has 4 nitrogen and oxygen atoms in total. The maximum Gasteiger partial charge on any atom is 0.233 e. The van der Waals surface area contributed by atoms with Crippen molar-refractivity contribution in [3.8, 4) is 0 Å². The first kappa shape index (κ1) is 21.4. The van der Waals surface area contributed by atoms with Crippen LogP contribution in [0.4, 0.5) is 0 Å². The second-order valence-corrected chi connectivity index (χ2v) is 6.54. The lowest BCUT2D eigenvalue weighted by Crippen LogP contribution is -2.29. The summed E-state index contributed by atoms with van der Waals surface area (Å²) in [6.45, 7) is 2.26. The maximum atomic E-state index is 10.9. The highest BCUT2D eigenvalue weighted by Crippen LogP contribution is 2.13. The van der Waals surface area contributed by atoms with E-state index in [9.17, 15) is 4.79 Å². The summed E-state index contributed by atoms with van der Waals surface area (Å²) in [7, 11) is 0. The van der Waals surface area contributed by atoms with Crippen LogP contribution in [0.25, 0.3) is 0 Å². The Morgan fingerprint density at radius 1 is 0.818 bits per heavy atom. The van der Waals surface area contributed by atoms with Crippen LogP contribution in [0.3, 0.4) is 0 Å². The van der Waals surface area contributed by atoms with Crippen molar-refractivity contribution in [1.29, 1.82) is 0 Å². The number of nitrogens with two attached hydrogens (primary N) is 2. The third-order valence-corrected chi connectivity index (χ3v) is 4.32. The molecule has 5 N–H and O–H groups in total. The Morgan fingerprint density at radius 2 is 1.27 bits per heavy atom. The third kappa shape index (κ3) is 15.8. The van der Waals surface area contributed by atoms with Crippen LogP contribution in [0.5, 0.6) is 0 Å². The zero-order valence-electron chi connectivity index (χ0n) is 14.7. The molecule has 1 amide bonds. The van der Waals surface area contributed by atoms with Crippen molar-refractivity contribution in [2.75, 3.05) is 0 Å². The summed E-state index contributed by atoms with van der Waals surface area (Å²) in [5, 5.41) is 0. The number of hydrazine groups is 1. The Kier molecular flexibility index (Phi) is 16.3. The van der Waals surface area contributed by atoms with E-state index in [-0.39, 0.29) is 5.91 Å². The largest absolute Gasteiger partial charge is 0.328 e. The average Bonchev–Trinajstić information content (AvgIpc) is 2.52. The van der Waals surface area contributed by atoms with Crippen molar-refractivity contribution in [2.45, 2.75) is 109 Å². The molecule has 0 aliphatic heterocycles. The van der Waals surface area contributed by atoms with Gasteiger partial charge in [0, 0.05) is 12.5 Å². The Balaban J connectivity index is 3.18. The van der Waals surface area contributed by atoms with Crippen molar-refractivity contribution in [3.63, 3.8) is 0 Å². The van der Waals surface area contributed by atoms with Gasteiger partial charge in [-0.3, -0.25) is 10.2 Å². The van der Waals surface area contributed by atoms with Gasteiger partial charge in [0.25, 0.3) is 0 Å². The number of amides is 1. The van der Waals surface area contributed by atoms with Crippen LogP contribution in [0.15, 0.2) is 0 Å². The predicted molar refractivity (Wildman–Crippen MR) is 95.2 cm³/mol. The number of carbonyl (C=O) groups is 1. The molecule has 0 aromatic heterocycles. The smallest absolute Gasteiger partial charge is 0.233 e. The van der Waals surface area contributed by atoms with E-state index in [0.717, 1.165) is 12.8 Å². The van der Waals surface area contributed by atoms with Crippen LogP contribution in [-0.4, -0.2) is 11.9 Å². The summed E-state index contributed by atoms with van der Waals surface area (Å²) in [5.74, 6) is 4.98. The van der Waals surface area contributed by atoms with E-state index < -0.39 is 0 Å². The molecule has 1 atom stereocenters. The minimum atomic E-state index is -0.0549. The molecule has 0 aliphatic rings. The number of rotatable bonds is 16. The molecule has 0 bridgehead atoms. The van der Waals surface area contributed by atoms with Crippen LogP contribution < -0.4 is 17.0 Å². The summed E-state index contributed by atoms with van der Waals surface area (Å²) in [4.78, 5) is 10.9. The molecule has 132 valence electrons. The number of unbranched alkanes of at least 4 members (excludes halogenated alkanes) is 10. The van der Waals surface area contributed by atoms with Gasteiger partial charge >= 0.3 is 0 Å². The zero-order valence-corrected chi connectivity index (χ0v) is 14.7. The van der Waals surface area contributed by atoms with Gasteiger partial charge in [-0.05, 0) is 19.3 Å². The van der Waals surface area contributed by atoms with E-state index in [1.54, 1.807) is 0 Å². The number of carbonyl (C=O) groups excluding carboxylic acids is 1. The Labute approximate surface area is 137 Å². The monoisotopic (exact) mass is 313 g/mol. The fraction of sp³-hybridized carbons (Fsp3) is 0.944. The normalized spacial score (nSPS) is 12.3. The molecule has 4 heteroatoms.